The number of carbonyl (C=O) groups is 1. The number of hydrogen-bond acceptors (Lipinski definition) is 2. The lowest BCUT2D eigenvalue weighted by Crippen LogP contribution is -2.12. The van der Waals surface area contributed by atoms with Gasteiger partial charge in [-0.25, -0.2) is 4.79 Å². The Balaban J connectivity index is 2.53. The van der Waals surface area contributed by atoms with E-state index in [4.69, 9.17) is 4.74 Å². The van der Waals surface area contributed by atoms with E-state index in [2.05, 4.69) is 6.08 Å². The van der Waals surface area contributed by atoms with Crippen molar-refractivity contribution in [2.75, 3.05) is 0 Å². The highest BCUT2D eigenvalue weighted by Gasteiger charge is 2.05. The first kappa shape index (κ1) is 9.04. The van der Waals surface area contributed by atoms with E-state index in [-0.39, 0.29) is 12.1 Å². The molecular weight excluding hydrogens is 152 g/mol. The third-order valence-electron chi connectivity index (χ3n) is 1.78. The molecule has 0 unspecified atom stereocenters. The summed E-state index contributed by atoms with van der Waals surface area (Å²) in [5.41, 5.74) is 0. The van der Waals surface area contributed by atoms with Crippen molar-refractivity contribution < 1.29 is 9.53 Å². The molecule has 2 heteroatoms. The predicted octanol–water partition coefficient (Wildman–Crippen LogP) is 2.21. The number of cyclic esters (lactones) is 1. The van der Waals surface area contributed by atoms with E-state index in [9.17, 15) is 4.79 Å². The first-order chi connectivity index (χ1) is 5.79. The van der Waals surface area contributed by atoms with Gasteiger partial charge in [-0.1, -0.05) is 18.2 Å². The summed E-state index contributed by atoms with van der Waals surface area (Å²) in [6, 6.07) is 0. The second kappa shape index (κ2) is 4.75. The van der Waals surface area contributed by atoms with Gasteiger partial charge in [-0.2, -0.15) is 0 Å². The van der Waals surface area contributed by atoms with E-state index in [0.29, 0.717) is 0 Å². The third kappa shape index (κ3) is 3.37. The molecule has 0 spiro atoms. The topological polar surface area (TPSA) is 26.3 Å². The van der Waals surface area contributed by atoms with Crippen LogP contribution in [-0.2, 0) is 9.53 Å². The summed E-state index contributed by atoms with van der Waals surface area (Å²) in [6.45, 7) is 1.93. The minimum Gasteiger partial charge on any atom is -0.460 e. The van der Waals surface area contributed by atoms with Crippen molar-refractivity contribution in [3.8, 4) is 0 Å². The van der Waals surface area contributed by atoms with Crippen LogP contribution in [0.5, 0.6) is 0 Å². The maximum Gasteiger partial charge on any atom is 0.331 e. The molecule has 0 aromatic heterocycles. The van der Waals surface area contributed by atoms with E-state index in [0.717, 1.165) is 19.3 Å². The highest BCUT2D eigenvalue weighted by molar-refractivity contribution is 5.82. The van der Waals surface area contributed by atoms with Gasteiger partial charge >= 0.3 is 5.97 Å². The molecule has 0 fully saturated rings. The van der Waals surface area contributed by atoms with Gasteiger partial charge in [0, 0.05) is 6.08 Å². The Hall–Kier alpha value is -1.05. The normalized spacial score (nSPS) is 30.4. The van der Waals surface area contributed by atoms with Crippen molar-refractivity contribution in [3.05, 3.63) is 24.3 Å². The van der Waals surface area contributed by atoms with Crippen LogP contribution in [0.25, 0.3) is 0 Å². The zero-order valence-electron chi connectivity index (χ0n) is 7.32. The number of esters is 1. The predicted molar refractivity (Wildman–Crippen MR) is 47.7 cm³/mol. The molecule has 12 heavy (non-hydrogen) atoms. The SMILES string of the molecule is C[C@@H]1CCC/C=C/C=C\C(=O)O1. The monoisotopic (exact) mass is 166 g/mol. The van der Waals surface area contributed by atoms with E-state index in [1.807, 2.05) is 13.0 Å². The highest BCUT2D eigenvalue weighted by atomic mass is 16.5. The minimum atomic E-state index is -0.242. The Morgan fingerprint density at radius 1 is 1.50 bits per heavy atom. The van der Waals surface area contributed by atoms with Gasteiger partial charge in [0.15, 0.2) is 0 Å². The number of hydrogen-bond donors (Lipinski definition) is 0. The zero-order chi connectivity index (χ0) is 8.81. The highest BCUT2D eigenvalue weighted by Crippen LogP contribution is 2.07. The maximum atomic E-state index is 11.0. The molecule has 0 amide bonds. The molecule has 1 aliphatic rings. The van der Waals surface area contributed by atoms with Crippen LogP contribution in [0.15, 0.2) is 24.3 Å². The van der Waals surface area contributed by atoms with Gasteiger partial charge in [0.25, 0.3) is 0 Å². The van der Waals surface area contributed by atoms with Gasteiger partial charge in [-0.05, 0) is 26.2 Å². The molecule has 0 aromatic rings. The molecule has 2 nitrogen and oxygen atoms in total. The van der Waals surface area contributed by atoms with Crippen LogP contribution >= 0.6 is 0 Å². The molecule has 1 aliphatic heterocycles. The number of allylic oxidation sites excluding steroid dienone is 3. The van der Waals surface area contributed by atoms with Crippen LogP contribution in [0.2, 0.25) is 0 Å². The number of ether oxygens (including phenoxy) is 1. The van der Waals surface area contributed by atoms with Crippen molar-refractivity contribution in [2.45, 2.75) is 32.3 Å². The molecule has 0 saturated carbocycles. The Labute approximate surface area is 72.9 Å². The Morgan fingerprint density at radius 2 is 2.33 bits per heavy atom. The molecular formula is C10H14O2. The Kier molecular flexibility index (Phi) is 3.58. The fourth-order valence-corrected chi connectivity index (χ4v) is 1.13. The first-order valence-corrected chi connectivity index (χ1v) is 4.33. The smallest absolute Gasteiger partial charge is 0.331 e. The molecule has 0 N–H and O–H groups in total. The second-order valence-electron chi connectivity index (χ2n) is 2.97. The summed E-state index contributed by atoms with van der Waals surface area (Å²) in [6.07, 6.45) is 10.3. The first-order valence-electron chi connectivity index (χ1n) is 4.33. The quantitative estimate of drug-likeness (QED) is 0.516. The van der Waals surface area contributed by atoms with Gasteiger partial charge in [0.1, 0.15) is 0 Å². The standard InChI is InChI=1S/C10H14O2/c1-9-7-5-3-2-4-6-8-10(11)12-9/h2,4,6,8-9H,3,5,7H2,1H3/b4-2+,8-6-/t9-/m1/s1. The van der Waals surface area contributed by atoms with Crippen molar-refractivity contribution in [1.29, 1.82) is 0 Å². The summed E-state index contributed by atoms with van der Waals surface area (Å²) in [4.78, 5) is 11.0. The summed E-state index contributed by atoms with van der Waals surface area (Å²) in [5.74, 6) is -0.242. The Morgan fingerprint density at radius 3 is 3.17 bits per heavy atom. The molecule has 0 aliphatic carbocycles. The van der Waals surface area contributed by atoms with Gasteiger partial charge in [0.2, 0.25) is 0 Å². The molecule has 0 bridgehead atoms. The van der Waals surface area contributed by atoms with Crippen LogP contribution in [0.4, 0.5) is 0 Å². The minimum absolute atomic E-state index is 0.0497. The third-order valence-corrected chi connectivity index (χ3v) is 1.78. The van der Waals surface area contributed by atoms with Crippen LogP contribution < -0.4 is 0 Å². The van der Waals surface area contributed by atoms with Crippen LogP contribution in [0, 0.1) is 0 Å². The van der Waals surface area contributed by atoms with Gasteiger partial charge in [0.05, 0.1) is 6.10 Å². The van der Waals surface area contributed by atoms with Crippen molar-refractivity contribution in [3.63, 3.8) is 0 Å². The van der Waals surface area contributed by atoms with Crippen molar-refractivity contribution in [2.24, 2.45) is 0 Å². The molecule has 0 saturated heterocycles. The number of rotatable bonds is 0. The molecule has 1 atom stereocenters. The fourth-order valence-electron chi connectivity index (χ4n) is 1.13. The van der Waals surface area contributed by atoms with Crippen LogP contribution in [0.3, 0.4) is 0 Å². The van der Waals surface area contributed by atoms with Gasteiger partial charge in [-0.15, -0.1) is 0 Å². The largest absolute Gasteiger partial charge is 0.460 e. The molecule has 66 valence electrons. The Bertz CT molecular complexity index is 204. The maximum absolute atomic E-state index is 11.0. The lowest BCUT2D eigenvalue weighted by Gasteiger charge is -2.11. The van der Waals surface area contributed by atoms with Gasteiger partial charge < -0.3 is 4.74 Å². The average molecular weight is 166 g/mol. The summed E-state index contributed by atoms with van der Waals surface area (Å²) < 4.78 is 5.07. The van der Waals surface area contributed by atoms with Gasteiger partial charge in [-0.3, -0.25) is 0 Å². The number of carbonyl (C=O) groups excluding carboxylic acids is 1. The summed E-state index contributed by atoms with van der Waals surface area (Å²) >= 11 is 0. The van der Waals surface area contributed by atoms with E-state index < -0.39 is 0 Å². The molecule has 0 radical (unpaired) electrons. The van der Waals surface area contributed by atoms with Crippen LogP contribution in [0.1, 0.15) is 26.2 Å². The molecule has 1 rings (SSSR count). The lowest BCUT2D eigenvalue weighted by atomic mass is 10.1. The van der Waals surface area contributed by atoms with E-state index >= 15 is 0 Å². The average Bonchev–Trinajstić information content (AvgIpc) is 2.02. The molecule has 1 heterocycles. The zero-order valence-corrected chi connectivity index (χ0v) is 7.32. The lowest BCUT2D eigenvalue weighted by molar-refractivity contribution is -0.142. The van der Waals surface area contributed by atoms with E-state index in [1.165, 1.54) is 6.08 Å². The fraction of sp³-hybridized carbons (Fsp3) is 0.500. The molecule has 0 aromatic carbocycles. The van der Waals surface area contributed by atoms with Crippen molar-refractivity contribution >= 4 is 5.97 Å². The van der Waals surface area contributed by atoms with Crippen LogP contribution in [-0.4, -0.2) is 12.1 Å². The summed E-state index contributed by atoms with van der Waals surface area (Å²) in [7, 11) is 0. The van der Waals surface area contributed by atoms with Crippen molar-refractivity contribution in [1.82, 2.24) is 0 Å². The summed E-state index contributed by atoms with van der Waals surface area (Å²) in [5, 5.41) is 0. The van der Waals surface area contributed by atoms with E-state index in [1.54, 1.807) is 6.08 Å². The second-order valence-corrected chi connectivity index (χ2v) is 2.97.